The average molecular weight is 326 g/mol. The van der Waals surface area contributed by atoms with Gasteiger partial charge in [0.25, 0.3) is 5.91 Å². The number of nitrogens with one attached hydrogen (secondary N) is 1. The monoisotopic (exact) mass is 326 g/mol. The Morgan fingerprint density at radius 3 is 2.46 bits per heavy atom. The summed E-state index contributed by atoms with van der Waals surface area (Å²) in [5.41, 5.74) is 2.87. The van der Waals surface area contributed by atoms with Gasteiger partial charge in [0.05, 0.1) is 12.6 Å². The number of rotatable bonds is 7. The SMILES string of the molecule is CCOc1ncccc1C(=O)N[C@@H](c1ccc(CC)cc1)C(C)C. The van der Waals surface area contributed by atoms with Crippen LogP contribution >= 0.6 is 0 Å². The molecule has 0 saturated carbocycles. The van der Waals surface area contributed by atoms with Crippen LogP contribution in [0.1, 0.15) is 55.2 Å². The van der Waals surface area contributed by atoms with Gasteiger partial charge in [0, 0.05) is 6.20 Å². The summed E-state index contributed by atoms with van der Waals surface area (Å²) >= 11 is 0. The molecule has 1 aromatic heterocycles. The molecule has 1 amide bonds. The third-order valence-corrected chi connectivity index (χ3v) is 4.00. The molecule has 128 valence electrons. The topological polar surface area (TPSA) is 51.2 Å². The Morgan fingerprint density at radius 2 is 1.88 bits per heavy atom. The van der Waals surface area contributed by atoms with Crippen molar-refractivity contribution >= 4 is 5.91 Å². The lowest BCUT2D eigenvalue weighted by atomic mass is 9.94. The fourth-order valence-electron chi connectivity index (χ4n) is 2.63. The van der Waals surface area contributed by atoms with E-state index in [1.165, 1.54) is 5.56 Å². The van der Waals surface area contributed by atoms with E-state index in [0.29, 0.717) is 18.1 Å². The number of aromatic nitrogens is 1. The summed E-state index contributed by atoms with van der Waals surface area (Å²) in [6.45, 7) is 8.69. The van der Waals surface area contributed by atoms with E-state index in [9.17, 15) is 4.79 Å². The van der Waals surface area contributed by atoms with E-state index in [0.717, 1.165) is 12.0 Å². The van der Waals surface area contributed by atoms with Crippen LogP contribution in [0.5, 0.6) is 5.88 Å². The van der Waals surface area contributed by atoms with Gasteiger partial charge in [-0.3, -0.25) is 4.79 Å². The molecule has 2 aromatic rings. The van der Waals surface area contributed by atoms with Gasteiger partial charge in [-0.25, -0.2) is 4.98 Å². The Bertz CT molecular complexity index is 666. The van der Waals surface area contributed by atoms with Gasteiger partial charge in [-0.05, 0) is 42.5 Å². The minimum absolute atomic E-state index is 0.0573. The molecular weight excluding hydrogens is 300 g/mol. The molecule has 4 heteroatoms. The van der Waals surface area contributed by atoms with Crippen LogP contribution in [0, 0.1) is 5.92 Å². The van der Waals surface area contributed by atoms with E-state index in [4.69, 9.17) is 4.74 Å². The van der Waals surface area contributed by atoms with Gasteiger partial charge in [-0.2, -0.15) is 0 Å². The Kier molecular flexibility index (Phi) is 6.36. The maximum Gasteiger partial charge on any atom is 0.257 e. The van der Waals surface area contributed by atoms with Crippen molar-refractivity contribution in [1.29, 1.82) is 0 Å². The van der Waals surface area contributed by atoms with Crippen molar-refractivity contribution in [3.63, 3.8) is 0 Å². The maximum atomic E-state index is 12.7. The summed E-state index contributed by atoms with van der Waals surface area (Å²) in [5.74, 6) is 0.486. The second-order valence-corrected chi connectivity index (χ2v) is 6.08. The fourth-order valence-corrected chi connectivity index (χ4v) is 2.63. The quantitative estimate of drug-likeness (QED) is 0.831. The van der Waals surface area contributed by atoms with Crippen molar-refractivity contribution in [2.75, 3.05) is 6.61 Å². The van der Waals surface area contributed by atoms with Crippen molar-refractivity contribution in [2.45, 2.75) is 40.2 Å². The van der Waals surface area contributed by atoms with Gasteiger partial charge in [0.2, 0.25) is 5.88 Å². The van der Waals surface area contributed by atoms with Crippen molar-refractivity contribution < 1.29 is 9.53 Å². The van der Waals surface area contributed by atoms with Crippen molar-refractivity contribution in [3.05, 3.63) is 59.3 Å². The van der Waals surface area contributed by atoms with Gasteiger partial charge >= 0.3 is 0 Å². The van der Waals surface area contributed by atoms with Gasteiger partial charge in [-0.1, -0.05) is 45.0 Å². The smallest absolute Gasteiger partial charge is 0.257 e. The zero-order chi connectivity index (χ0) is 17.5. The summed E-state index contributed by atoms with van der Waals surface area (Å²) in [6, 6.07) is 11.9. The van der Waals surface area contributed by atoms with Crippen molar-refractivity contribution in [1.82, 2.24) is 10.3 Å². The van der Waals surface area contributed by atoms with E-state index in [2.05, 4.69) is 55.3 Å². The molecule has 0 unspecified atom stereocenters. The lowest BCUT2D eigenvalue weighted by molar-refractivity contribution is 0.0921. The van der Waals surface area contributed by atoms with Crippen LogP contribution in [0.2, 0.25) is 0 Å². The van der Waals surface area contributed by atoms with Crippen LogP contribution in [-0.2, 0) is 6.42 Å². The highest BCUT2D eigenvalue weighted by Crippen LogP contribution is 2.24. The summed E-state index contributed by atoms with van der Waals surface area (Å²) < 4.78 is 5.46. The van der Waals surface area contributed by atoms with E-state index >= 15 is 0 Å². The number of hydrogen-bond acceptors (Lipinski definition) is 3. The van der Waals surface area contributed by atoms with Gasteiger partial charge in [0.1, 0.15) is 5.56 Å². The molecule has 2 rings (SSSR count). The number of ether oxygens (including phenoxy) is 1. The van der Waals surface area contributed by atoms with Crippen LogP contribution in [-0.4, -0.2) is 17.5 Å². The molecule has 4 nitrogen and oxygen atoms in total. The summed E-state index contributed by atoms with van der Waals surface area (Å²) in [4.78, 5) is 16.9. The van der Waals surface area contributed by atoms with E-state index in [1.54, 1.807) is 18.3 Å². The molecule has 1 atom stereocenters. The van der Waals surface area contributed by atoms with Gasteiger partial charge < -0.3 is 10.1 Å². The molecule has 0 bridgehead atoms. The van der Waals surface area contributed by atoms with Crippen molar-refractivity contribution in [2.24, 2.45) is 5.92 Å². The maximum absolute atomic E-state index is 12.7. The first-order valence-corrected chi connectivity index (χ1v) is 8.54. The van der Waals surface area contributed by atoms with Crippen LogP contribution in [0.3, 0.4) is 0 Å². The fraction of sp³-hybridized carbons (Fsp3) is 0.400. The number of aryl methyl sites for hydroxylation is 1. The minimum Gasteiger partial charge on any atom is -0.477 e. The molecule has 1 N–H and O–H groups in total. The van der Waals surface area contributed by atoms with Crippen LogP contribution in [0.4, 0.5) is 0 Å². The Morgan fingerprint density at radius 1 is 1.17 bits per heavy atom. The molecule has 0 radical (unpaired) electrons. The van der Waals surface area contributed by atoms with E-state index in [-0.39, 0.29) is 17.9 Å². The normalized spacial score (nSPS) is 12.0. The first-order chi connectivity index (χ1) is 11.6. The molecule has 24 heavy (non-hydrogen) atoms. The molecule has 1 aromatic carbocycles. The molecule has 0 aliphatic heterocycles. The number of carbonyl (C=O) groups excluding carboxylic acids is 1. The van der Waals surface area contributed by atoms with E-state index in [1.807, 2.05) is 6.92 Å². The highest BCUT2D eigenvalue weighted by molar-refractivity contribution is 5.96. The number of benzene rings is 1. The van der Waals surface area contributed by atoms with Gasteiger partial charge in [0.15, 0.2) is 0 Å². The van der Waals surface area contributed by atoms with E-state index < -0.39 is 0 Å². The van der Waals surface area contributed by atoms with Crippen LogP contribution in [0.25, 0.3) is 0 Å². The predicted octanol–water partition coefficient (Wildman–Crippen LogP) is 4.17. The standard InChI is InChI=1S/C20H26N2O2/c1-5-15-9-11-16(12-10-15)18(14(3)4)22-19(23)17-8-7-13-21-20(17)24-6-2/h7-14,18H,5-6H2,1-4H3,(H,22,23)/t18-/m1/s1. The summed E-state index contributed by atoms with van der Waals surface area (Å²) in [7, 11) is 0. The third kappa shape index (κ3) is 4.34. The predicted molar refractivity (Wildman–Crippen MR) is 96.3 cm³/mol. The highest BCUT2D eigenvalue weighted by Gasteiger charge is 2.21. The molecule has 0 aliphatic carbocycles. The Balaban J connectivity index is 2.22. The first-order valence-electron chi connectivity index (χ1n) is 8.54. The number of pyridine rings is 1. The van der Waals surface area contributed by atoms with Gasteiger partial charge in [-0.15, -0.1) is 0 Å². The summed E-state index contributed by atoms with van der Waals surface area (Å²) in [6.07, 6.45) is 2.64. The molecular formula is C20H26N2O2. The molecule has 1 heterocycles. The van der Waals surface area contributed by atoms with Crippen LogP contribution < -0.4 is 10.1 Å². The second-order valence-electron chi connectivity index (χ2n) is 6.08. The zero-order valence-electron chi connectivity index (χ0n) is 14.9. The van der Waals surface area contributed by atoms with Crippen molar-refractivity contribution in [3.8, 4) is 5.88 Å². The number of hydrogen-bond donors (Lipinski definition) is 1. The molecule has 0 saturated heterocycles. The second kappa shape index (κ2) is 8.48. The Labute approximate surface area is 144 Å². The largest absolute Gasteiger partial charge is 0.477 e. The van der Waals surface area contributed by atoms with Crippen LogP contribution in [0.15, 0.2) is 42.6 Å². The lowest BCUT2D eigenvalue weighted by Gasteiger charge is -2.23. The lowest BCUT2D eigenvalue weighted by Crippen LogP contribution is -2.32. The first kappa shape index (κ1) is 18.0. The number of amides is 1. The molecule has 0 aliphatic rings. The Hall–Kier alpha value is -2.36. The summed E-state index contributed by atoms with van der Waals surface area (Å²) in [5, 5.41) is 3.13. The zero-order valence-corrected chi connectivity index (χ0v) is 14.9. The number of carbonyl (C=O) groups is 1. The molecule has 0 spiro atoms. The molecule has 0 fully saturated rings. The number of nitrogens with zero attached hydrogens (tertiary/aromatic N) is 1. The average Bonchev–Trinajstić information content (AvgIpc) is 2.60. The third-order valence-electron chi connectivity index (χ3n) is 4.00. The minimum atomic E-state index is -0.162. The highest BCUT2D eigenvalue weighted by atomic mass is 16.5.